The fourth-order valence-corrected chi connectivity index (χ4v) is 1.30. The molecule has 68 valence electrons. The summed E-state index contributed by atoms with van der Waals surface area (Å²) in [5.41, 5.74) is 0. The SMILES string of the molecule is CCOC(CC)N(CC)CC. The van der Waals surface area contributed by atoms with Crippen LogP contribution < -0.4 is 0 Å². The van der Waals surface area contributed by atoms with Gasteiger partial charge in [0.05, 0.1) is 0 Å². The Hall–Kier alpha value is -0.0800. The van der Waals surface area contributed by atoms with Crippen molar-refractivity contribution < 1.29 is 4.74 Å². The van der Waals surface area contributed by atoms with Gasteiger partial charge in [-0.15, -0.1) is 0 Å². The quantitative estimate of drug-likeness (QED) is 0.550. The van der Waals surface area contributed by atoms with Crippen molar-refractivity contribution in [2.75, 3.05) is 19.7 Å². The molecule has 0 heterocycles. The topological polar surface area (TPSA) is 12.5 Å². The summed E-state index contributed by atoms with van der Waals surface area (Å²) >= 11 is 0. The second kappa shape index (κ2) is 6.62. The molecule has 0 aromatic rings. The first-order valence-electron chi connectivity index (χ1n) is 4.65. The van der Waals surface area contributed by atoms with Gasteiger partial charge in [0.15, 0.2) is 0 Å². The van der Waals surface area contributed by atoms with Crippen molar-refractivity contribution in [3.05, 3.63) is 0 Å². The minimum Gasteiger partial charge on any atom is -0.363 e. The molecule has 0 spiro atoms. The Morgan fingerprint density at radius 1 is 1.09 bits per heavy atom. The Kier molecular flexibility index (Phi) is 6.57. The molecule has 0 aromatic carbocycles. The predicted octanol–water partition coefficient (Wildman–Crippen LogP) is 2.10. The molecule has 0 saturated carbocycles. The van der Waals surface area contributed by atoms with E-state index in [0.29, 0.717) is 6.23 Å². The summed E-state index contributed by atoms with van der Waals surface area (Å²) < 4.78 is 5.56. The van der Waals surface area contributed by atoms with Crippen molar-refractivity contribution in [3.8, 4) is 0 Å². The molecule has 0 radical (unpaired) electrons. The van der Waals surface area contributed by atoms with Crippen LogP contribution in [0.15, 0.2) is 0 Å². The van der Waals surface area contributed by atoms with Gasteiger partial charge in [-0.25, -0.2) is 0 Å². The van der Waals surface area contributed by atoms with E-state index in [1.165, 1.54) is 0 Å². The smallest absolute Gasteiger partial charge is 0.110 e. The lowest BCUT2D eigenvalue weighted by Crippen LogP contribution is -2.36. The third kappa shape index (κ3) is 3.73. The van der Waals surface area contributed by atoms with E-state index in [2.05, 4.69) is 25.7 Å². The van der Waals surface area contributed by atoms with Crippen molar-refractivity contribution in [1.82, 2.24) is 4.90 Å². The molecule has 2 heteroatoms. The van der Waals surface area contributed by atoms with Crippen LogP contribution in [0.1, 0.15) is 34.1 Å². The number of ether oxygens (including phenoxy) is 1. The summed E-state index contributed by atoms with van der Waals surface area (Å²) in [6.07, 6.45) is 1.41. The highest BCUT2D eigenvalue weighted by Gasteiger charge is 2.11. The van der Waals surface area contributed by atoms with E-state index in [0.717, 1.165) is 26.1 Å². The first kappa shape index (κ1) is 10.9. The van der Waals surface area contributed by atoms with Crippen molar-refractivity contribution in [2.45, 2.75) is 40.3 Å². The van der Waals surface area contributed by atoms with Crippen molar-refractivity contribution in [2.24, 2.45) is 0 Å². The van der Waals surface area contributed by atoms with Crippen LogP contribution >= 0.6 is 0 Å². The zero-order valence-electron chi connectivity index (χ0n) is 8.26. The first-order chi connectivity index (χ1) is 5.29. The molecule has 2 nitrogen and oxygen atoms in total. The van der Waals surface area contributed by atoms with Gasteiger partial charge in [-0.2, -0.15) is 0 Å². The lowest BCUT2D eigenvalue weighted by atomic mass is 10.3. The van der Waals surface area contributed by atoms with Gasteiger partial charge >= 0.3 is 0 Å². The average Bonchev–Trinajstić information content (AvgIpc) is 2.05. The van der Waals surface area contributed by atoms with E-state index in [1.54, 1.807) is 0 Å². The van der Waals surface area contributed by atoms with Crippen LogP contribution in [0.2, 0.25) is 0 Å². The zero-order valence-corrected chi connectivity index (χ0v) is 8.26. The van der Waals surface area contributed by atoms with Crippen molar-refractivity contribution in [1.29, 1.82) is 0 Å². The lowest BCUT2D eigenvalue weighted by Gasteiger charge is -2.28. The molecule has 0 aliphatic heterocycles. The molecular formula is C9H21NO. The summed E-state index contributed by atoms with van der Waals surface area (Å²) in [6, 6.07) is 0. The summed E-state index contributed by atoms with van der Waals surface area (Å²) in [5.74, 6) is 0. The fourth-order valence-electron chi connectivity index (χ4n) is 1.30. The summed E-state index contributed by atoms with van der Waals surface area (Å²) in [6.45, 7) is 11.5. The van der Waals surface area contributed by atoms with E-state index in [1.807, 2.05) is 6.92 Å². The fraction of sp³-hybridized carbons (Fsp3) is 1.00. The number of hydrogen-bond acceptors (Lipinski definition) is 2. The lowest BCUT2D eigenvalue weighted by molar-refractivity contribution is -0.0518. The molecule has 0 aliphatic carbocycles. The number of nitrogens with zero attached hydrogens (tertiary/aromatic N) is 1. The number of rotatable bonds is 6. The maximum atomic E-state index is 5.56. The minimum absolute atomic E-state index is 0.329. The van der Waals surface area contributed by atoms with Gasteiger partial charge in [-0.1, -0.05) is 20.8 Å². The molecule has 11 heavy (non-hydrogen) atoms. The van der Waals surface area contributed by atoms with Crippen LogP contribution in [0.3, 0.4) is 0 Å². The van der Waals surface area contributed by atoms with Crippen LogP contribution in [0, 0.1) is 0 Å². The van der Waals surface area contributed by atoms with E-state index in [4.69, 9.17) is 4.74 Å². The zero-order chi connectivity index (χ0) is 8.69. The van der Waals surface area contributed by atoms with Gasteiger partial charge in [-0.05, 0) is 26.4 Å². The molecule has 0 aliphatic rings. The molecule has 0 N–H and O–H groups in total. The molecule has 0 amide bonds. The van der Waals surface area contributed by atoms with Crippen LogP contribution in [-0.2, 0) is 4.74 Å². The summed E-state index contributed by atoms with van der Waals surface area (Å²) in [4.78, 5) is 2.34. The van der Waals surface area contributed by atoms with E-state index in [-0.39, 0.29) is 0 Å². The van der Waals surface area contributed by atoms with Crippen LogP contribution in [-0.4, -0.2) is 30.8 Å². The standard InChI is InChI=1S/C9H21NO/c1-5-9(11-8-4)10(6-2)7-3/h9H,5-8H2,1-4H3. The second-order valence-corrected chi connectivity index (χ2v) is 2.54. The highest BCUT2D eigenvalue weighted by atomic mass is 16.5. The Morgan fingerprint density at radius 3 is 1.91 bits per heavy atom. The maximum absolute atomic E-state index is 5.56. The summed E-state index contributed by atoms with van der Waals surface area (Å²) in [5, 5.41) is 0. The van der Waals surface area contributed by atoms with E-state index < -0.39 is 0 Å². The Labute approximate surface area is 70.5 Å². The Bertz CT molecular complexity index is 81.6. The maximum Gasteiger partial charge on any atom is 0.110 e. The normalized spacial score (nSPS) is 13.9. The van der Waals surface area contributed by atoms with Gasteiger partial charge in [-0.3, -0.25) is 4.90 Å². The highest BCUT2D eigenvalue weighted by molar-refractivity contribution is 4.57. The number of hydrogen-bond donors (Lipinski definition) is 0. The Morgan fingerprint density at radius 2 is 1.64 bits per heavy atom. The molecule has 0 rings (SSSR count). The monoisotopic (exact) mass is 159 g/mol. The molecule has 0 bridgehead atoms. The van der Waals surface area contributed by atoms with Gasteiger partial charge < -0.3 is 4.74 Å². The molecule has 0 fully saturated rings. The third-order valence-electron chi connectivity index (χ3n) is 1.93. The minimum atomic E-state index is 0.329. The van der Waals surface area contributed by atoms with Gasteiger partial charge in [0.1, 0.15) is 6.23 Å². The predicted molar refractivity (Wildman–Crippen MR) is 48.6 cm³/mol. The van der Waals surface area contributed by atoms with Gasteiger partial charge in [0.2, 0.25) is 0 Å². The van der Waals surface area contributed by atoms with Crippen molar-refractivity contribution >= 4 is 0 Å². The van der Waals surface area contributed by atoms with Crippen molar-refractivity contribution in [3.63, 3.8) is 0 Å². The average molecular weight is 159 g/mol. The highest BCUT2D eigenvalue weighted by Crippen LogP contribution is 2.04. The third-order valence-corrected chi connectivity index (χ3v) is 1.93. The summed E-state index contributed by atoms with van der Waals surface area (Å²) in [7, 11) is 0. The van der Waals surface area contributed by atoms with E-state index >= 15 is 0 Å². The van der Waals surface area contributed by atoms with Crippen LogP contribution in [0.25, 0.3) is 0 Å². The molecule has 1 atom stereocenters. The molecule has 0 saturated heterocycles. The van der Waals surface area contributed by atoms with Crippen LogP contribution in [0.4, 0.5) is 0 Å². The first-order valence-corrected chi connectivity index (χ1v) is 4.65. The molecule has 1 unspecified atom stereocenters. The largest absolute Gasteiger partial charge is 0.363 e. The van der Waals surface area contributed by atoms with Crippen LogP contribution in [0.5, 0.6) is 0 Å². The van der Waals surface area contributed by atoms with E-state index in [9.17, 15) is 0 Å². The van der Waals surface area contributed by atoms with Gasteiger partial charge in [0, 0.05) is 6.61 Å². The Balaban J connectivity index is 3.76. The van der Waals surface area contributed by atoms with Gasteiger partial charge in [0.25, 0.3) is 0 Å². The molecular weight excluding hydrogens is 138 g/mol. The second-order valence-electron chi connectivity index (χ2n) is 2.54. The molecule has 0 aromatic heterocycles.